The Morgan fingerprint density at radius 1 is 0.947 bits per heavy atom. The van der Waals surface area contributed by atoms with Gasteiger partial charge in [-0.25, -0.2) is 4.98 Å². The average Bonchev–Trinajstić information content (AvgIpc) is 3.01. The summed E-state index contributed by atoms with van der Waals surface area (Å²) < 4.78 is 0. The van der Waals surface area contributed by atoms with Crippen LogP contribution in [0.4, 0.5) is 0 Å². The molecule has 0 bridgehead atoms. The van der Waals surface area contributed by atoms with Crippen LogP contribution in [-0.4, -0.2) is 15.8 Å². The van der Waals surface area contributed by atoms with Crippen molar-refractivity contribution in [1.29, 1.82) is 0 Å². The van der Waals surface area contributed by atoms with E-state index in [-0.39, 0.29) is 5.78 Å². The van der Waals surface area contributed by atoms with E-state index in [0.717, 1.165) is 5.56 Å². The van der Waals surface area contributed by atoms with Crippen molar-refractivity contribution in [3.63, 3.8) is 0 Å². The van der Waals surface area contributed by atoms with E-state index in [1.807, 2.05) is 54.6 Å². The molecule has 0 aliphatic rings. The predicted octanol–water partition coefficient (Wildman–Crippen LogP) is 3.31. The van der Waals surface area contributed by atoms with Crippen molar-refractivity contribution in [1.82, 2.24) is 9.97 Å². The van der Waals surface area contributed by atoms with Gasteiger partial charge in [0.05, 0.1) is 0 Å². The van der Waals surface area contributed by atoms with Crippen LogP contribution in [0.3, 0.4) is 0 Å². The minimum Gasteiger partial charge on any atom is -0.345 e. The molecule has 0 unspecified atom stereocenters. The van der Waals surface area contributed by atoms with Gasteiger partial charge >= 0.3 is 0 Å². The van der Waals surface area contributed by atoms with Gasteiger partial charge in [0.1, 0.15) is 5.82 Å². The van der Waals surface area contributed by atoms with E-state index in [9.17, 15) is 4.79 Å². The van der Waals surface area contributed by atoms with Gasteiger partial charge in [0.15, 0.2) is 5.78 Å². The molecule has 0 aliphatic carbocycles. The van der Waals surface area contributed by atoms with Crippen LogP contribution in [0.15, 0.2) is 67.0 Å². The van der Waals surface area contributed by atoms with Crippen molar-refractivity contribution in [2.75, 3.05) is 0 Å². The molecular weight excluding hydrogens is 236 g/mol. The first-order valence-corrected chi connectivity index (χ1v) is 6.05. The van der Waals surface area contributed by atoms with E-state index in [1.165, 1.54) is 0 Å². The van der Waals surface area contributed by atoms with Crippen LogP contribution in [0.1, 0.15) is 15.9 Å². The van der Waals surface area contributed by atoms with Crippen LogP contribution in [0.5, 0.6) is 0 Å². The summed E-state index contributed by atoms with van der Waals surface area (Å²) in [6.45, 7) is 0. The van der Waals surface area contributed by atoms with E-state index in [2.05, 4.69) is 9.97 Å². The third-order valence-corrected chi connectivity index (χ3v) is 2.96. The molecular formula is C16H12N2O. The second-order valence-corrected chi connectivity index (χ2v) is 4.18. The molecule has 0 fully saturated rings. The SMILES string of the molecule is O=C(c1ccccc1)c1ccccc1-c1ncc[nH]1. The van der Waals surface area contributed by atoms with Crippen LogP contribution >= 0.6 is 0 Å². The highest BCUT2D eigenvalue weighted by molar-refractivity contribution is 6.12. The number of benzene rings is 2. The fourth-order valence-electron chi connectivity index (χ4n) is 2.05. The summed E-state index contributed by atoms with van der Waals surface area (Å²) in [5.41, 5.74) is 2.16. The molecule has 1 heterocycles. The largest absolute Gasteiger partial charge is 0.345 e. The fraction of sp³-hybridized carbons (Fsp3) is 0. The predicted molar refractivity (Wildman–Crippen MR) is 73.9 cm³/mol. The molecule has 0 atom stereocenters. The monoisotopic (exact) mass is 248 g/mol. The Labute approximate surface area is 111 Å². The quantitative estimate of drug-likeness (QED) is 0.723. The van der Waals surface area contributed by atoms with E-state index >= 15 is 0 Å². The topological polar surface area (TPSA) is 45.8 Å². The zero-order chi connectivity index (χ0) is 13.1. The summed E-state index contributed by atoms with van der Waals surface area (Å²) in [5.74, 6) is 0.715. The van der Waals surface area contributed by atoms with E-state index < -0.39 is 0 Å². The van der Waals surface area contributed by atoms with Crippen molar-refractivity contribution >= 4 is 5.78 Å². The summed E-state index contributed by atoms with van der Waals surface area (Å²) in [5, 5.41) is 0. The maximum Gasteiger partial charge on any atom is 0.193 e. The van der Waals surface area contributed by atoms with Crippen LogP contribution in [0.25, 0.3) is 11.4 Å². The Morgan fingerprint density at radius 3 is 2.42 bits per heavy atom. The standard InChI is InChI=1S/C16H12N2O/c19-15(12-6-2-1-3-7-12)13-8-4-5-9-14(13)16-17-10-11-18-16/h1-11H,(H,17,18). The number of aromatic nitrogens is 2. The van der Waals surface area contributed by atoms with Gasteiger partial charge in [-0.1, -0.05) is 54.6 Å². The lowest BCUT2D eigenvalue weighted by molar-refractivity contribution is 0.103. The third-order valence-electron chi connectivity index (χ3n) is 2.96. The zero-order valence-corrected chi connectivity index (χ0v) is 10.2. The number of imidazole rings is 1. The highest BCUT2D eigenvalue weighted by atomic mass is 16.1. The number of ketones is 1. The molecule has 19 heavy (non-hydrogen) atoms. The maximum absolute atomic E-state index is 12.5. The first-order chi connectivity index (χ1) is 9.36. The van der Waals surface area contributed by atoms with Crippen LogP contribution in [-0.2, 0) is 0 Å². The molecule has 0 saturated heterocycles. The Bertz CT molecular complexity index is 688. The van der Waals surface area contributed by atoms with Crippen LogP contribution in [0.2, 0.25) is 0 Å². The molecule has 1 aromatic heterocycles. The van der Waals surface area contributed by atoms with Gasteiger partial charge in [-0.05, 0) is 0 Å². The van der Waals surface area contributed by atoms with Crippen molar-refractivity contribution in [3.05, 3.63) is 78.1 Å². The second-order valence-electron chi connectivity index (χ2n) is 4.18. The molecule has 92 valence electrons. The number of nitrogens with one attached hydrogen (secondary N) is 1. The minimum atomic E-state index is 0.00704. The summed E-state index contributed by atoms with van der Waals surface area (Å²) in [4.78, 5) is 19.8. The summed E-state index contributed by atoms with van der Waals surface area (Å²) in [7, 11) is 0. The fourth-order valence-corrected chi connectivity index (χ4v) is 2.05. The van der Waals surface area contributed by atoms with Gasteiger partial charge in [0.25, 0.3) is 0 Å². The first kappa shape index (κ1) is 11.4. The summed E-state index contributed by atoms with van der Waals surface area (Å²) in [6.07, 6.45) is 3.43. The van der Waals surface area contributed by atoms with Crippen molar-refractivity contribution in [2.45, 2.75) is 0 Å². The number of carbonyl (C=O) groups is 1. The molecule has 2 aromatic carbocycles. The van der Waals surface area contributed by atoms with E-state index in [0.29, 0.717) is 17.0 Å². The molecule has 3 aromatic rings. The molecule has 0 radical (unpaired) electrons. The normalized spacial score (nSPS) is 10.3. The molecule has 1 N–H and O–H groups in total. The minimum absolute atomic E-state index is 0.00704. The molecule has 3 rings (SSSR count). The molecule has 0 amide bonds. The molecule has 0 saturated carbocycles. The van der Waals surface area contributed by atoms with Gasteiger partial charge in [-0.2, -0.15) is 0 Å². The summed E-state index contributed by atoms with van der Waals surface area (Å²) >= 11 is 0. The molecule has 0 aliphatic heterocycles. The molecule has 3 nitrogen and oxygen atoms in total. The Morgan fingerprint density at radius 2 is 1.68 bits per heavy atom. The number of hydrogen-bond donors (Lipinski definition) is 1. The van der Waals surface area contributed by atoms with E-state index in [4.69, 9.17) is 0 Å². The molecule has 3 heteroatoms. The lowest BCUT2D eigenvalue weighted by atomic mass is 9.98. The van der Waals surface area contributed by atoms with Gasteiger partial charge in [0, 0.05) is 29.1 Å². The average molecular weight is 248 g/mol. The van der Waals surface area contributed by atoms with Crippen molar-refractivity contribution < 1.29 is 4.79 Å². The van der Waals surface area contributed by atoms with Crippen molar-refractivity contribution in [2.24, 2.45) is 0 Å². The summed E-state index contributed by atoms with van der Waals surface area (Å²) in [6, 6.07) is 16.8. The van der Waals surface area contributed by atoms with Crippen molar-refractivity contribution in [3.8, 4) is 11.4 Å². The number of carbonyl (C=O) groups excluding carboxylic acids is 1. The van der Waals surface area contributed by atoms with Gasteiger partial charge in [0.2, 0.25) is 0 Å². The lowest BCUT2D eigenvalue weighted by Gasteiger charge is -2.06. The van der Waals surface area contributed by atoms with Crippen LogP contribution in [0, 0.1) is 0 Å². The number of H-pyrrole nitrogens is 1. The first-order valence-electron chi connectivity index (χ1n) is 6.05. The number of aromatic amines is 1. The van der Waals surface area contributed by atoms with Gasteiger partial charge in [-0.3, -0.25) is 4.79 Å². The van der Waals surface area contributed by atoms with E-state index in [1.54, 1.807) is 12.4 Å². The Balaban J connectivity index is 2.09. The highest BCUT2D eigenvalue weighted by Crippen LogP contribution is 2.22. The van der Waals surface area contributed by atoms with Gasteiger partial charge < -0.3 is 4.98 Å². The number of rotatable bonds is 3. The van der Waals surface area contributed by atoms with Gasteiger partial charge in [-0.15, -0.1) is 0 Å². The highest BCUT2D eigenvalue weighted by Gasteiger charge is 2.14. The van der Waals surface area contributed by atoms with Crippen LogP contribution < -0.4 is 0 Å². The number of hydrogen-bond acceptors (Lipinski definition) is 2. The second kappa shape index (κ2) is 4.90. The molecule has 0 spiro atoms. The lowest BCUT2D eigenvalue weighted by Crippen LogP contribution is -2.03. The smallest absolute Gasteiger partial charge is 0.193 e. The zero-order valence-electron chi connectivity index (χ0n) is 10.2. The third kappa shape index (κ3) is 2.18. The number of nitrogens with zero attached hydrogens (tertiary/aromatic N) is 1. The maximum atomic E-state index is 12.5. The Kier molecular flexibility index (Phi) is 2.94. The Hall–Kier alpha value is -2.68.